The minimum absolute atomic E-state index is 0.0397. The average Bonchev–Trinajstić information content (AvgIpc) is 3.17. The van der Waals surface area contributed by atoms with Crippen molar-refractivity contribution in [2.24, 2.45) is 5.14 Å². The number of esters is 1. The van der Waals surface area contributed by atoms with E-state index in [1.165, 1.54) is 19.2 Å². The molecule has 0 spiro atoms. The number of methoxy groups -OCH3 is 1. The van der Waals surface area contributed by atoms with Crippen molar-refractivity contribution in [3.63, 3.8) is 0 Å². The number of sulfonamides is 1. The summed E-state index contributed by atoms with van der Waals surface area (Å²) in [6.45, 7) is 0. The lowest BCUT2D eigenvalue weighted by molar-refractivity contribution is -0.140. The molecule has 0 amide bonds. The van der Waals surface area contributed by atoms with E-state index in [0.717, 1.165) is 24.8 Å². The minimum Gasteiger partial charge on any atom is -0.469 e. The number of nitrogens with two attached hydrogens (primary N) is 1. The van der Waals surface area contributed by atoms with Crippen LogP contribution in [0.25, 0.3) is 22.6 Å². The summed E-state index contributed by atoms with van der Waals surface area (Å²) >= 11 is 0. The van der Waals surface area contributed by atoms with Crippen LogP contribution in [0.2, 0.25) is 0 Å². The fourth-order valence-electron chi connectivity index (χ4n) is 3.08. The monoisotopic (exact) mass is 428 g/mol. The summed E-state index contributed by atoms with van der Waals surface area (Å²) in [5, 5.41) is 5.19. The highest BCUT2D eigenvalue weighted by Gasteiger charge is 2.18. The summed E-state index contributed by atoms with van der Waals surface area (Å²) in [7, 11) is -2.38. The van der Waals surface area contributed by atoms with E-state index in [-0.39, 0.29) is 10.9 Å². The van der Waals surface area contributed by atoms with Gasteiger partial charge in [0.15, 0.2) is 11.7 Å². The Kier molecular flexibility index (Phi) is 7.02. The summed E-state index contributed by atoms with van der Waals surface area (Å²) in [5.41, 5.74) is 2.32. The molecule has 3 aromatic rings. The third-order valence-electron chi connectivity index (χ3n) is 4.66. The lowest BCUT2D eigenvalue weighted by Crippen LogP contribution is -2.11. The molecule has 0 saturated heterocycles. The van der Waals surface area contributed by atoms with Crippen LogP contribution in [0.5, 0.6) is 0 Å². The van der Waals surface area contributed by atoms with Crippen molar-refractivity contribution in [2.75, 3.05) is 7.11 Å². The molecule has 2 aromatic carbocycles. The molecule has 8 heteroatoms. The zero-order valence-electron chi connectivity index (χ0n) is 16.7. The number of carbonyl (C=O) groups is 1. The number of aromatic nitrogens is 1. The van der Waals surface area contributed by atoms with Crippen LogP contribution in [0.15, 0.2) is 63.9 Å². The summed E-state index contributed by atoms with van der Waals surface area (Å²) < 4.78 is 33.7. The third kappa shape index (κ3) is 5.55. The first-order chi connectivity index (χ1) is 14.4. The van der Waals surface area contributed by atoms with Gasteiger partial charge in [0.2, 0.25) is 10.0 Å². The second-order valence-electron chi connectivity index (χ2n) is 6.86. The van der Waals surface area contributed by atoms with Crippen molar-refractivity contribution in [3.8, 4) is 22.6 Å². The van der Waals surface area contributed by atoms with Gasteiger partial charge in [0.05, 0.1) is 12.0 Å². The maximum atomic E-state index is 11.5. The first-order valence-electron chi connectivity index (χ1n) is 9.63. The number of unbranched alkanes of at least 4 members (excludes halogenated alkanes) is 2. The lowest BCUT2D eigenvalue weighted by atomic mass is 10.1. The topological polar surface area (TPSA) is 112 Å². The van der Waals surface area contributed by atoms with Crippen LogP contribution in [0.4, 0.5) is 0 Å². The van der Waals surface area contributed by atoms with E-state index in [2.05, 4.69) is 9.72 Å². The third-order valence-corrected chi connectivity index (χ3v) is 5.59. The molecular weight excluding hydrogens is 404 g/mol. The molecule has 3 rings (SSSR count). The Morgan fingerprint density at radius 1 is 1.00 bits per heavy atom. The summed E-state index contributed by atoms with van der Waals surface area (Å²) in [6, 6.07) is 15.9. The highest BCUT2D eigenvalue weighted by Crippen LogP contribution is 2.33. The normalized spacial score (nSPS) is 11.4. The van der Waals surface area contributed by atoms with Gasteiger partial charge in [0.1, 0.15) is 5.69 Å². The van der Waals surface area contributed by atoms with E-state index >= 15 is 0 Å². The van der Waals surface area contributed by atoms with Crippen LogP contribution in [0, 0.1) is 0 Å². The van der Waals surface area contributed by atoms with Gasteiger partial charge in [-0.3, -0.25) is 4.79 Å². The Labute approximate surface area is 175 Å². The molecule has 0 aliphatic heterocycles. The standard InChI is InChI=1S/C22H24N2O5S/c1-28-20(25)11-7-3-6-10-19-24-21(16-8-4-2-5-9-16)22(29-19)17-12-14-18(15-13-17)30(23,26)27/h2,4-5,8-9,12-15H,3,6-7,10-11H2,1H3,(H2,23,26,27). The Hall–Kier alpha value is -2.97. The first-order valence-corrected chi connectivity index (χ1v) is 11.2. The molecule has 158 valence electrons. The summed E-state index contributed by atoms with van der Waals surface area (Å²) in [5.74, 6) is 0.965. The fraction of sp³-hybridized carbons (Fsp3) is 0.273. The molecule has 0 atom stereocenters. The first kappa shape index (κ1) is 21.7. The molecule has 30 heavy (non-hydrogen) atoms. The molecule has 0 unspecified atom stereocenters. The maximum absolute atomic E-state index is 11.5. The minimum atomic E-state index is -3.76. The van der Waals surface area contributed by atoms with Crippen LogP contribution in [-0.2, 0) is 26.0 Å². The van der Waals surface area contributed by atoms with Crippen molar-refractivity contribution in [1.29, 1.82) is 0 Å². The maximum Gasteiger partial charge on any atom is 0.305 e. The average molecular weight is 429 g/mol. The molecule has 1 heterocycles. The summed E-state index contributed by atoms with van der Waals surface area (Å²) in [4.78, 5) is 15.9. The van der Waals surface area contributed by atoms with E-state index in [9.17, 15) is 13.2 Å². The molecule has 7 nitrogen and oxygen atoms in total. The van der Waals surface area contributed by atoms with Gasteiger partial charge >= 0.3 is 5.97 Å². The van der Waals surface area contributed by atoms with Gasteiger partial charge in [0.25, 0.3) is 0 Å². The Morgan fingerprint density at radius 2 is 1.70 bits per heavy atom. The second kappa shape index (κ2) is 9.69. The van der Waals surface area contributed by atoms with Crippen LogP contribution in [0.1, 0.15) is 31.6 Å². The Balaban J connectivity index is 1.82. The van der Waals surface area contributed by atoms with Crippen LogP contribution >= 0.6 is 0 Å². The number of ether oxygens (including phenoxy) is 1. The van der Waals surface area contributed by atoms with E-state index in [1.54, 1.807) is 12.1 Å². The van der Waals surface area contributed by atoms with E-state index in [4.69, 9.17) is 9.56 Å². The molecule has 0 aliphatic rings. The Bertz CT molecular complexity index is 1090. The molecule has 0 aliphatic carbocycles. The molecular formula is C22H24N2O5S. The van der Waals surface area contributed by atoms with Gasteiger partial charge in [-0.05, 0) is 37.1 Å². The number of carbonyl (C=O) groups excluding carboxylic acids is 1. The van der Waals surface area contributed by atoms with Crippen molar-refractivity contribution in [1.82, 2.24) is 4.98 Å². The highest BCUT2D eigenvalue weighted by atomic mass is 32.2. The van der Waals surface area contributed by atoms with Crippen LogP contribution in [0.3, 0.4) is 0 Å². The van der Waals surface area contributed by atoms with Crippen molar-refractivity contribution in [3.05, 3.63) is 60.5 Å². The number of hydrogen-bond donors (Lipinski definition) is 1. The highest BCUT2D eigenvalue weighted by molar-refractivity contribution is 7.89. The van der Waals surface area contributed by atoms with Gasteiger partial charge in [-0.25, -0.2) is 18.5 Å². The smallest absolute Gasteiger partial charge is 0.305 e. The van der Waals surface area contributed by atoms with E-state index in [1.807, 2.05) is 30.3 Å². The van der Waals surface area contributed by atoms with Gasteiger partial charge in [0, 0.05) is 24.0 Å². The van der Waals surface area contributed by atoms with Gasteiger partial charge in [-0.15, -0.1) is 0 Å². The largest absolute Gasteiger partial charge is 0.469 e. The predicted molar refractivity (Wildman–Crippen MR) is 113 cm³/mol. The van der Waals surface area contributed by atoms with Crippen molar-refractivity contribution >= 4 is 16.0 Å². The zero-order chi connectivity index (χ0) is 21.6. The van der Waals surface area contributed by atoms with Crippen molar-refractivity contribution in [2.45, 2.75) is 37.0 Å². The number of rotatable bonds is 9. The number of aryl methyl sites for hydroxylation is 1. The van der Waals surface area contributed by atoms with E-state index in [0.29, 0.717) is 35.7 Å². The molecule has 0 saturated carbocycles. The quantitative estimate of drug-likeness (QED) is 0.408. The van der Waals surface area contributed by atoms with Gasteiger partial charge < -0.3 is 9.15 Å². The number of hydrogen-bond acceptors (Lipinski definition) is 6. The zero-order valence-corrected chi connectivity index (χ0v) is 17.5. The molecule has 1 aromatic heterocycles. The Morgan fingerprint density at radius 3 is 2.33 bits per heavy atom. The SMILES string of the molecule is COC(=O)CCCCCc1nc(-c2ccccc2)c(-c2ccc(S(N)(=O)=O)cc2)o1. The molecule has 0 bridgehead atoms. The summed E-state index contributed by atoms with van der Waals surface area (Å²) in [6.07, 6.45) is 3.47. The molecule has 0 fully saturated rings. The second-order valence-corrected chi connectivity index (χ2v) is 8.42. The number of oxazole rings is 1. The van der Waals surface area contributed by atoms with Gasteiger partial charge in [-0.2, -0.15) is 0 Å². The molecule has 2 N–H and O–H groups in total. The van der Waals surface area contributed by atoms with Crippen LogP contribution in [-0.4, -0.2) is 26.5 Å². The molecule has 0 radical (unpaired) electrons. The van der Waals surface area contributed by atoms with Crippen LogP contribution < -0.4 is 5.14 Å². The van der Waals surface area contributed by atoms with Crippen molar-refractivity contribution < 1.29 is 22.4 Å². The lowest BCUT2D eigenvalue weighted by Gasteiger charge is -2.03. The van der Waals surface area contributed by atoms with E-state index < -0.39 is 10.0 Å². The number of primary sulfonamides is 1. The number of benzene rings is 2. The predicted octanol–water partition coefficient (Wildman–Crippen LogP) is 3.93. The fourth-order valence-corrected chi connectivity index (χ4v) is 3.59. The van der Waals surface area contributed by atoms with Gasteiger partial charge in [-0.1, -0.05) is 36.8 Å². The number of nitrogens with zero attached hydrogens (tertiary/aromatic N) is 1.